The smallest absolute Gasteiger partial charge is 0.339 e. The summed E-state index contributed by atoms with van der Waals surface area (Å²) in [6, 6.07) is 11.7. The van der Waals surface area contributed by atoms with Gasteiger partial charge in [-0.25, -0.2) is 4.79 Å². The fourth-order valence-corrected chi connectivity index (χ4v) is 5.77. The minimum atomic E-state index is -1.06. The third-order valence-corrected chi connectivity index (χ3v) is 12.0. The number of carboxylic acid groups (broad SMARTS) is 1. The van der Waals surface area contributed by atoms with E-state index in [1.807, 2.05) is 18.2 Å². The number of carboxylic acids is 1. The maximum Gasteiger partial charge on any atom is 0.339 e. The highest BCUT2D eigenvalue weighted by molar-refractivity contribution is 5.93. The molecule has 0 radical (unpaired) electrons. The van der Waals surface area contributed by atoms with E-state index >= 15 is 0 Å². The van der Waals surface area contributed by atoms with Crippen molar-refractivity contribution in [2.24, 2.45) is 35.5 Å². The van der Waals surface area contributed by atoms with Gasteiger partial charge in [0.05, 0.1) is 39.6 Å². The van der Waals surface area contributed by atoms with Crippen LogP contribution in [0.3, 0.4) is 0 Å². The molecule has 3 aromatic rings. The Labute approximate surface area is 375 Å². The molecule has 0 aromatic heterocycles. The molecular weight excluding hydrogens is 777 g/mol. The molecule has 0 fully saturated rings. The predicted octanol–water partition coefficient (Wildman–Crippen LogP) is 14.6. The number of benzene rings is 3. The van der Waals surface area contributed by atoms with E-state index in [1.54, 1.807) is 12.1 Å². The number of hydrogen-bond acceptors (Lipinski definition) is 7. The normalized spacial score (nSPS) is 14.6. The number of rotatable bonds is 29. The lowest BCUT2D eigenvalue weighted by molar-refractivity contribution is 0.0690. The Hall–Kier alpha value is -4.59. The minimum Gasteiger partial charge on any atom is -0.493 e. The number of aryl methyl sites for hydroxylation is 1. The molecule has 62 heavy (non-hydrogen) atoms. The first-order valence-corrected chi connectivity index (χ1v) is 23.5. The van der Waals surface area contributed by atoms with Crippen LogP contribution >= 0.6 is 0 Å². The van der Waals surface area contributed by atoms with Crippen LogP contribution < -0.4 is 28.4 Å². The standard InChI is InChI=1S/C54H80O8/c1-14-36(7)30-57-48-25-43(49(24-42(48)13)58-31-37(8)15-2)20-21-44-26-51(60-33-39(10)17-4)45(27-50(44)59-32-38(9)16-3)22-23-46-28-53(62-35-41(12)19-6)47(54(55)56)29-52(46)61-34-40(11)18-5/h20-29,36-41H,14-19,30-35H2,1-13H3,(H,55,56)/b21-20+,23-22+/t36-,37-,38-,39-,40-,41-/m0/s1. The van der Waals surface area contributed by atoms with Crippen LogP contribution in [0.25, 0.3) is 24.3 Å². The molecule has 8 nitrogen and oxygen atoms in total. The van der Waals surface area contributed by atoms with E-state index in [0.717, 1.165) is 78.0 Å². The van der Waals surface area contributed by atoms with Crippen molar-refractivity contribution in [2.75, 3.05) is 39.6 Å². The SMILES string of the molecule is CC[C@H](C)COc1cc(/C=C/c2cc(OC[C@@H](C)CC)c(/C=C/c3cc(OC[C@@H](C)CC)c(C(=O)O)cc3OC[C@@H](C)CC)cc2OC[C@@H](C)CC)c(OC[C@@H](C)CC)cc1C. The molecule has 1 N–H and O–H groups in total. The van der Waals surface area contributed by atoms with Gasteiger partial charge in [-0.2, -0.15) is 0 Å². The van der Waals surface area contributed by atoms with Gasteiger partial charge in [0, 0.05) is 22.3 Å². The van der Waals surface area contributed by atoms with Gasteiger partial charge in [0.25, 0.3) is 0 Å². The van der Waals surface area contributed by atoms with Crippen molar-refractivity contribution >= 4 is 30.3 Å². The highest BCUT2D eigenvalue weighted by atomic mass is 16.5. The van der Waals surface area contributed by atoms with Crippen molar-refractivity contribution < 1.29 is 38.3 Å². The summed E-state index contributed by atoms with van der Waals surface area (Å²) in [4.78, 5) is 12.5. The van der Waals surface area contributed by atoms with E-state index in [0.29, 0.717) is 92.0 Å². The van der Waals surface area contributed by atoms with Crippen LogP contribution in [0.15, 0.2) is 36.4 Å². The molecule has 3 aromatic carbocycles. The molecule has 0 bridgehead atoms. The summed E-state index contributed by atoms with van der Waals surface area (Å²) in [6.45, 7) is 31.2. The second-order valence-electron chi connectivity index (χ2n) is 17.9. The van der Waals surface area contributed by atoms with E-state index < -0.39 is 5.97 Å². The summed E-state index contributed by atoms with van der Waals surface area (Å²) >= 11 is 0. The molecular formula is C54H80O8. The fraction of sp³-hybridized carbons (Fsp3) is 0.574. The lowest BCUT2D eigenvalue weighted by Crippen LogP contribution is -2.12. The second kappa shape index (κ2) is 26.8. The number of aromatic carboxylic acids is 1. The van der Waals surface area contributed by atoms with Gasteiger partial charge in [-0.15, -0.1) is 0 Å². The molecule has 0 saturated heterocycles. The van der Waals surface area contributed by atoms with Crippen molar-refractivity contribution in [2.45, 2.75) is 129 Å². The zero-order valence-electron chi connectivity index (χ0n) is 40.5. The highest BCUT2D eigenvalue weighted by Crippen LogP contribution is 2.37. The summed E-state index contributed by atoms with van der Waals surface area (Å²) in [5, 5.41) is 10.2. The number of ether oxygens (including phenoxy) is 6. The van der Waals surface area contributed by atoms with E-state index in [1.165, 1.54) is 0 Å². The van der Waals surface area contributed by atoms with Crippen molar-refractivity contribution in [1.29, 1.82) is 0 Å². The van der Waals surface area contributed by atoms with Crippen molar-refractivity contribution in [3.63, 3.8) is 0 Å². The zero-order chi connectivity index (χ0) is 45.8. The van der Waals surface area contributed by atoms with Gasteiger partial charge in [0.2, 0.25) is 0 Å². The van der Waals surface area contributed by atoms with Crippen LogP contribution in [0.2, 0.25) is 0 Å². The molecule has 0 unspecified atom stereocenters. The molecule has 0 heterocycles. The van der Waals surface area contributed by atoms with Crippen molar-refractivity contribution in [3.05, 3.63) is 69.8 Å². The summed E-state index contributed by atoms with van der Waals surface area (Å²) in [7, 11) is 0. The molecule has 8 heteroatoms. The molecule has 0 aliphatic heterocycles. The third-order valence-electron chi connectivity index (χ3n) is 12.0. The molecule has 0 aliphatic rings. The van der Waals surface area contributed by atoms with Gasteiger partial charge in [-0.1, -0.05) is 146 Å². The zero-order valence-corrected chi connectivity index (χ0v) is 40.5. The Kier molecular flexibility index (Phi) is 22.4. The quantitative estimate of drug-likeness (QED) is 0.0690. The van der Waals surface area contributed by atoms with Crippen LogP contribution in [0.1, 0.15) is 160 Å². The number of hydrogen-bond donors (Lipinski definition) is 1. The summed E-state index contributed by atoms with van der Waals surface area (Å²) in [5.74, 6) is 4.96. The molecule has 6 atom stereocenters. The first kappa shape index (κ1) is 51.8. The third kappa shape index (κ3) is 16.6. The first-order valence-electron chi connectivity index (χ1n) is 23.5. The Morgan fingerprint density at radius 3 is 0.968 bits per heavy atom. The van der Waals surface area contributed by atoms with Gasteiger partial charge in [-0.05, 0) is 84.4 Å². The van der Waals surface area contributed by atoms with Gasteiger partial charge in [-0.3, -0.25) is 0 Å². The number of carbonyl (C=O) groups is 1. The maximum absolute atomic E-state index is 12.5. The minimum absolute atomic E-state index is 0.0789. The van der Waals surface area contributed by atoms with Gasteiger partial charge in [0.15, 0.2) is 0 Å². The molecule has 0 aliphatic carbocycles. The van der Waals surface area contributed by atoms with E-state index in [4.69, 9.17) is 28.4 Å². The second-order valence-corrected chi connectivity index (χ2v) is 17.9. The van der Waals surface area contributed by atoms with Crippen LogP contribution in [0.4, 0.5) is 0 Å². The van der Waals surface area contributed by atoms with E-state index in [-0.39, 0.29) is 11.5 Å². The van der Waals surface area contributed by atoms with E-state index in [2.05, 4.69) is 120 Å². The van der Waals surface area contributed by atoms with Gasteiger partial charge < -0.3 is 33.5 Å². The molecule has 0 saturated carbocycles. The fourth-order valence-electron chi connectivity index (χ4n) is 5.77. The Morgan fingerprint density at radius 2 is 0.661 bits per heavy atom. The molecule has 0 spiro atoms. The summed E-state index contributed by atoms with van der Waals surface area (Å²) in [5.41, 5.74) is 4.47. The average molecular weight is 857 g/mol. The Balaban J connectivity index is 2.26. The Bertz CT molecular complexity index is 1880. The lowest BCUT2D eigenvalue weighted by Gasteiger charge is -2.19. The summed E-state index contributed by atoms with van der Waals surface area (Å²) < 4.78 is 38.6. The molecule has 344 valence electrons. The van der Waals surface area contributed by atoms with E-state index in [9.17, 15) is 9.90 Å². The average Bonchev–Trinajstić information content (AvgIpc) is 3.28. The van der Waals surface area contributed by atoms with Crippen molar-refractivity contribution in [1.82, 2.24) is 0 Å². The first-order chi connectivity index (χ1) is 29.7. The molecule has 0 amide bonds. The topological polar surface area (TPSA) is 92.7 Å². The maximum atomic E-state index is 12.5. The Morgan fingerprint density at radius 1 is 0.419 bits per heavy atom. The molecule has 3 rings (SSSR count). The predicted molar refractivity (Wildman–Crippen MR) is 259 cm³/mol. The monoisotopic (exact) mass is 857 g/mol. The summed E-state index contributed by atoms with van der Waals surface area (Å²) in [6.07, 6.45) is 14.0. The van der Waals surface area contributed by atoms with Gasteiger partial charge in [0.1, 0.15) is 40.1 Å². The van der Waals surface area contributed by atoms with Crippen LogP contribution in [0.5, 0.6) is 34.5 Å². The van der Waals surface area contributed by atoms with Gasteiger partial charge >= 0.3 is 5.97 Å². The van der Waals surface area contributed by atoms with Crippen LogP contribution in [-0.2, 0) is 0 Å². The highest BCUT2D eigenvalue weighted by Gasteiger charge is 2.19. The lowest BCUT2D eigenvalue weighted by atomic mass is 10.0. The largest absolute Gasteiger partial charge is 0.493 e. The van der Waals surface area contributed by atoms with Crippen molar-refractivity contribution in [3.8, 4) is 34.5 Å². The van der Waals surface area contributed by atoms with Crippen LogP contribution in [-0.4, -0.2) is 50.7 Å². The van der Waals surface area contributed by atoms with Crippen LogP contribution in [0, 0.1) is 42.4 Å².